The fourth-order valence-electron chi connectivity index (χ4n) is 2.52. The van der Waals surface area contributed by atoms with Crippen molar-refractivity contribution >= 4 is 17.3 Å². The molecule has 0 saturated heterocycles. The van der Waals surface area contributed by atoms with Crippen LogP contribution in [0.3, 0.4) is 0 Å². The van der Waals surface area contributed by atoms with Gasteiger partial charge in [-0.05, 0) is 53.9 Å². The normalized spacial score (nSPS) is 16.2. The SMILES string of the molecule is CCc1ccc(NC(=O)[C@@H]2CC(c3ccc(OC)cc3)=NO2)cc1. The molecule has 5 nitrogen and oxygen atoms in total. The van der Waals surface area contributed by atoms with Gasteiger partial charge < -0.3 is 14.9 Å². The van der Waals surface area contributed by atoms with Crippen molar-refractivity contribution in [3.8, 4) is 5.75 Å². The molecular weight excluding hydrogens is 304 g/mol. The van der Waals surface area contributed by atoms with Crippen LogP contribution in [0.1, 0.15) is 24.5 Å². The summed E-state index contributed by atoms with van der Waals surface area (Å²) in [5.74, 6) is 0.592. The molecule has 0 aromatic heterocycles. The molecule has 1 heterocycles. The van der Waals surface area contributed by atoms with Crippen molar-refractivity contribution in [2.75, 3.05) is 12.4 Å². The number of hydrogen-bond donors (Lipinski definition) is 1. The van der Waals surface area contributed by atoms with Crippen LogP contribution in [0.15, 0.2) is 53.7 Å². The molecule has 124 valence electrons. The molecule has 1 amide bonds. The lowest BCUT2D eigenvalue weighted by molar-refractivity contribution is -0.125. The number of rotatable bonds is 5. The van der Waals surface area contributed by atoms with Gasteiger partial charge >= 0.3 is 0 Å². The van der Waals surface area contributed by atoms with Crippen LogP contribution >= 0.6 is 0 Å². The number of ether oxygens (including phenoxy) is 1. The number of methoxy groups -OCH3 is 1. The van der Waals surface area contributed by atoms with Crippen LogP contribution in [0.5, 0.6) is 5.75 Å². The first-order valence-electron chi connectivity index (χ1n) is 7.96. The fourth-order valence-corrected chi connectivity index (χ4v) is 2.52. The summed E-state index contributed by atoms with van der Waals surface area (Å²) in [4.78, 5) is 17.6. The summed E-state index contributed by atoms with van der Waals surface area (Å²) in [6.45, 7) is 2.10. The van der Waals surface area contributed by atoms with E-state index in [0.717, 1.165) is 29.1 Å². The van der Waals surface area contributed by atoms with Crippen LogP contribution in [0.2, 0.25) is 0 Å². The number of carbonyl (C=O) groups excluding carboxylic acids is 1. The van der Waals surface area contributed by atoms with Crippen molar-refractivity contribution in [3.63, 3.8) is 0 Å². The third-order valence-electron chi connectivity index (χ3n) is 4.01. The number of nitrogens with zero attached hydrogens (tertiary/aromatic N) is 1. The zero-order valence-corrected chi connectivity index (χ0v) is 13.8. The van der Waals surface area contributed by atoms with Crippen LogP contribution in [-0.4, -0.2) is 24.8 Å². The second kappa shape index (κ2) is 7.17. The molecule has 24 heavy (non-hydrogen) atoms. The van der Waals surface area contributed by atoms with Crippen LogP contribution in [-0.2, 0) is 16.1 Å². The summed E-state index contributed by atoms with van der Waals surface area (Å²) in [7, 11) is 1.62. The Bertz CT molecular complexity index is 736. The molecule has 0 aliphatic carbocycles. The maximum atomic E-state index is 12.3. The van der Waals surface area contributed by atoms with Gasteiger partial charge in [-0.3, -0.25) is 4.79 Å². The van der Waals surface area contributed by atoms with Crippen LogP contribution < -0.4 is 10.1 Å². The van der Waals surface area contributed by atoms with Gasteiger partial charge in [-0.25, -0.2) is 0 Å². The van der Waals surface area contributed by atoms with Gasteiger partial charge in [-0.2, -0.15) is 0 Å². The third kappa shape index (κ3) is 3.56. The maximum absolute atomic E-state index is 12.3. The highest BCUT2D eigenvalue weighted by molar-refractivity contribution is 6.06. The largest absolute Gasteiger partial charge is 0.497 e. The topological polar surface area (TPSA) is 59.9 Å². The van der Waals surface area contributed by atoms with Gasteiger partial charge in [0.05, 0.1) is 12.8 Å². The Morgan fingerprint density at radius 1 is 1.21 bits per heavy atom. The van der Waals surface area contributed by atoms with E-state index in [1.165, 1.54) is 5.56 Å². The molecule has 1 N–H and O–H groups in total. The molecule has 3 rings (SSSR count). The Kier molecular flexibility index (Phi) is 4.79. The van der Waals surface area contributed by atoms with Gasteiger partial charge in [-0.15, -0.1) is 0 Å². The lowest BCUT2D eigenvalue weighted by atomic mass is 10.0. The van der Waals surface area contributed by atoms with E-state index in [1.54, 1.807) is 7.11 Å². The number of carbonyl (C=O) groups is 1. The Morgan fingerprint density at radius 2 is 1.92 bits per heavy atom. The highest BCUT2D eigenvalue weighted by atomic mass is 16.6. The zero-order chi connectivity index (χ0) is 16.9. The molecule has 0 bridgehead atoms. The minimum absolute atomic E-state index is 0.188. The zero-order valence-electron chi connectivity index (χ0n) is 13.8. The predicted octanol–water partition coefficient (Wildman–Crippen LogP) is 3.39. The van der Waals surface area contributed by atoms with E-state index in [2.05, 4.69) is 17.4 Å². The summed E-state index contributed by atoms with van der Waals surface area (Å²) in [6.07, 6.45) is 0.817. The summed E-state index contributed by atoms with van der Waals surface area (Å²) < 4.78 is 5.14. The first-order valence-corrected chi connectivity index (χ1v) is 7.96. The van der Waals surface area contributed by atoms with E-state index in [0.29, 0.717) is 6.42 Å². The maximum Gasteiger partial charge on any atom is 0.268 e. The summed E-state index contributed by atoms with van der Waals surface area (Å²) in [5, 5.41) is 6.92. The molecule has 0 spiro atoms. The van der Waals surface area contributed by atoms with E-state index in [1.807, 2.05) is 48.5 Å². The Hall–Kier alpha value is -2.82. The Balaban J connectivity index is 1.59. The number of anilines is 1. The number of oxime groups is 1. The monoisotopic (exact) mass is 324 g/mol. The molecular formula is C19H20N2O3. The first kappa shape index (κ1) is 16.1. The van der Waals surface area contributed by atoms with Crippen molar-refractivity contribution in [1.29, 1.82) is 0 Å². The van der Waals surface area contributed by atoms with Crippen molar-refractivity contribution in [1.82, 2.24) is 0 Å². The molecule has 1 aliphatic heterocycles. The van der Waals surface area contributed by atoms with E-state index in [4.69, 9.17) is 9.57 Å². The summed E-state index contributed by atoms with van der Waals surface area (Å²) in [6, 6.07) is 15.3. The van der Waals surface area contributed by atoms with Gasteiger partial charge in [0, 0.05) is 12.1 Å². The standard InChI is InChI=1S/C19H20N2O3/c1-3-13-4-8-15(9-5-13)20-19(22)18-12-17(21-24-18)14-6-10-16(23-2)11-7-14/h4-11,18H,3,12H2,1-2H3,(H,20,22)/t18-/m0/s1. The van der Waals surface area contributed by atoms with Crippen molar-refractivity contribution in [2.45, 2.75) is 25.9 Å². The molecule has 0 radical (unpaired) electrons. The average molecular weight is 324 g/mol. The quantitative estimate of drug-likeness (QED) is 0.917. The third-order valence-corrected chi connectivity index (χ3v) is 4.01. The Morgan fingerprint density at radius 3 is 2.54 bits per heavy atom. The van der Waals surface area contributed by atoms with Gasteiger partial charge in [0.15, 0.2) is 0 Å². The van der Waals surface area contributed by atoms with E-state index in [9.17, 15) is 4.79 Å². The van der Waals surface area contributed by atoms with Gasteiger partial charge in [0.25, 0.3) is 5.91 Å². The lowest BCUT2D eigenvalue weighted by Crippen LogP contribution is -2.28. The van der Waals surface area contributed by atoms with Crippen LogP contribution in [0.4, 0.5) is 5.69 Å². The molecule has 0 fully saturated rings. The van der Waals surface area contributed by atoms with Crippen molar-refractivity contribution in [3.05, 3.63) is 59.7 Å². The average Bonchev–Trinajstić information content (AvgIpc) is 3.13. The van der Waals surface area contributed by atoms with E-state index >= 15 is 0 Å². The van der Waals surface area contributed by atoms with Gasteiger partial charge in [0.1, 0.15) is 5.75 Å². The van der Waals surface area contributed by atoms with E-state index in [-0.39, 0.29) is 5.91 Å². The number of benzene rings is 2. The molecule has 2 aromatic carbocycles. The van der Waals surface area contributed by atoms with Gasteiger partial charge in [-0.1, -0.05) is 24.2 Å². The highest BCUT2D eigenvalue weighted by Gasteiger charge is 2.28. The minimum atomic E-state index is -0.604. The molecule has 1 atom stereocenters. The number of amides is 1. The minimum Gasteiger partial charge on any atom is -0.497 e. The summed E-state index contributed by atoms with van der Waals surface area (Å²) >= 11 is 0. The molecule has 2 aromatic rings. The molecule has 1 aliphatic rings. The van der Waals surface area contributed by atoms with E-state index < -0.39 is 6.10 Å². The number of aryl methyl sites for hydroxylation is 1. The number of hydrogen-bond acceptors (Lipinski definition) is 4. The Labute approximate surface area is 141 Å². The van der Waals surface area contributed by atoms with Crippen molar-refractivity contribution in [2.24, 2.45) is 5.16 Å². The summed E-state index contributed by atoms with van der Waals surface area (Å²) in [5.41, 5.74) is 3.69. The fraction of sp³-hybridized carbons (Fsp3) is 0.263. The molecule has 5 heteroatoms. The molecule has 0 unspecified atom stereocenters. The van der Waals surface area contributed by atoms with Crippen LogP contribution in [0.25, 0.3) is 0 Å². The van der Waals surface area contributed by atoms with Crippen LogP contribution in [0, 0.1) is 0 Å². The smallest absolute Gasteiger partial charge is 0.268 e. The predicted molar refractivity (Wildman–Crippen MR) is 93.5 cm³/mol. The molecule has 0 saturated carbocycles. The first-order chi connectivity index (χ1) is 11.7. The van der Waals surface area contributed by atoms with Crippen molar-refractivity contribution < 1.29 is 14.4 Å². The second-order valence-corrected chi connectivity index (χ2v) is 5.60. The lowest BCUT2D eigenvalue weighted by Gasteiger charge is -2.10. The highest BCUT2D eigenvalue weighted by Crippen LogP contribution is 2.20. The number of nitrogens with one attached hydrogen (secondary N) is 1. The van der Waals surface area contributed by atoms with Gasteiger partial charge in [0.2, 0.25) is 6.10 Å². The second-order valence-electron chi connectivity index (χ2n) is 5.60.